The maximum absolute atomic E-state index is 12.5. The molecule has 0 bridgehead atoms. The second-order valence-corrected chi connectivity index (χ2v) is 3.52. The topological polar surface area (TPSA) is 49.4 Å². The Hall–Kier alpha value is -1.84. The number of benzene rings is 1. The van der Waals surface area contributed by atoms with Crippen LogP contribution in [-0.4, -0.2) is 23.9 Å². The zero-order chi connectivity index (χ0) is 15.8. The SMILES string of the molecule is O=C(Oc1ccc(F)cc1)C([O-])(C(F)(F)F)C(F)(F)F. The normalized spacial score (nSPS) is 13.2. The molecule has 0 aliphatic heterocycles. The maximum Gasteiger partial charge on any atom is 0.399 e. The van der Waals surface area contributed by atoms with E-state index in [4.69, 9.17) is 0 Å². The highest BCUT2D eigenvalue weighted by Crippen LogP contribution is 2.41. The molecule has 0 amide bonds. The summed E-state index contributed by atoms with van der Waals surface area (Å²) in [4.78, 5) is 10.9. The minimum Gasteiger partial charge on any atom is -0.828 e. The second-order valence-electron chi connectivity index (χ2n) is 3.52. The quantitative estimate of drug-likeness (QED) is 0.477. The summed E-state index contributed by atoms with van der Waals surface area (Å²) in [7, 11) is 0. The lowest BCUT2D eigenvalue weighted by Crippen LogP contribution is -2.72. The molecule has 0 spiro atoms. The van der Waals surface area contributed by atoms with Gasteiger partial charge in [0, 0.05) is 0 Å². The Morgan fingerprint density at radius 2 is 1.35 bits per heavy atom. The summed E-state index contributed by atoms with van der Waals surface area (Å²) in [5.41, 5.74) is -5.92. The summed E-state index contributed by atoms with van der Waals surface area (Å²) in [6.45, 7) is 0. The van der Waals surface area contributed by atoms with E-state index in [2.05, 4.69) is 4.74 Å². The zero-order valence-corrected chi connectivity index (χ0v) is 9.18. The number of ether oxygens (including phenoxy) is 1. The number of rotatable bonds is 2. The first-order chi connectivity index (χ1) is 8.89. The molecular weight excluding hydrogens is 301 g/mol. The fraction of sp³-hybridized carbons (Fsp3) is 0.300. The van der Waals surface area contributed by atoms with E-state index in [1.54, 1.807) is 0 Å². The highest BCUT2D eigenvalue weighted by atomic mass is 19.4. The molecule has 0 N–H and O–H groups in total. The number of carbonyl (C=O) groups excluding carboxylic acids is 1. The van der Waals surface area contributed by atoms with Gasteiger partial charge in [-0.25, -0.2) is 4.39 Å². The largest absolute Gasteiger partial charge is 0.828 e. The molecule has 0 aromatic heterocycles. The van der Waals surface area contributed by atoms with E-state index >= 15 is 0 Å². The average molecular weight is 305 g/mol. The molecule has 20 heavy (non-hydrogen) atoms. The van der Waals surface area contributed by atoms with Gasteiger partial charge in [0.25, 0.3) is 0 Å². The summed E-state index contributed by atoms with van der Waals surface area (Å²) >= 11 is 0. The lowest BCUT2D eigenvalue weighted by molar-refractivity contribution is -0.573. The molecule has 0 aliphatic rings. The Morgan fingerprint density at radius 3 is 1.70 bits per heavy atom. The highest BCUT2D eigenvalue weighted by molar-refractivity contribution is 5.83. The molecule has 0 saturated heterocycles. The maximum atomic E-state index is 12.5. The van der Waals surface area contributed by atoms with Gasteiger partial charge in [-0.1, -0.05) is 0 Å². The summed E-state index contributed by atoms with van der Waals surface area (Å²) in [6, 6.07) is 2.44. The van der Waals surface area contributed by atoms with Crippen molar-refractivity contribution in [2.24, 2.45) is 0 Å². The monoisotopic (exact) mass is 305 g/mol. The van der Waals surface area contributed by atoms with Crippen LogP contribution in [0.5, 0.6) is 5.75 Å². The number of esters is 1. The van der Waals surface area contributed by atoms with Crippen LogP contribution in [0, 0.1) is 5.82 Å². The minimum atomic E-state index is -6.44. The van der Waals surface area contributed by atoms with Crippen LogP contribution in [0.2, 0.25) is 0 Å². The zero-order valence-electron chi connectivity index (χ0n) is 9.18. The number of hydrogen-bond donors (Lipinski definition) is 0. The van der Waals surface area contributed by atoms with Crippen molar-refractivity contribution in [2.45, 2.75) is 18.0 Å². The summed E-state index contributed by atoms with van der Waals surface area (Å²) in [5, 5.41) is 10.9. The van der Waals surface area contributed by atoms with Crippen molar-refractivity contribution in [3.63, 3.8) is 0 Å². The van der Waals surface area contributed by atoms with Crippen molar-refractivity contribution in [1.82, 2.24) is 0 Å². The predicted molar refractivity (Wildman–Crippen MR) is 46.9 cm³/mol. The van der Waals surface area contributed by atoms with E-state index < -0.39 is 35.5 Å². The van der Waals surface area contributed by atoms with Crippen molar-refractivity contribution in [2.75, 3.05) is 0 Å². The van der Waals surface area contributed by atoms with Crippen molar-refractivity contribution in [3.05, 3.63) is 30.1 Å². The Bertz CT molecular complexity index is 475. The Kier molecular flexibility index (Phi) is 3.99. The van der Waals surface area contributed by atoms with Crippen LogP contribution in [0.4, 0.5) is 30.7 Å². The van der Waals surface area contributed by atoms with Crippen LogP contribution in [-0.2, 0) is 4.79 Å². The van der Waals surface area contributed by atoms with E-state index in [-0.39, 0.29) is 0 Å². The first-order valence-corrected chi connectivity index (χ1v) is 4.71. The summed E-state index contributed by atoms with van der Waals surface area (Å²) < 4.78 is 89.5. The van der Waals surface area contributed by atoms with Gasteiger partial charge in [0.05, 0.1) is 0 Å². The van der Waals surface area contributed by atoms with E-state index in [1.165, 1.54) is 0 Å². The van der Waals surface area contributed by atoms with Crippen molar-refractivity contribution < 1.29 is 45.4 Å². The van der Waals surface area contributed by atoms with Crippen LogP contribution in [0.25, 0.3) is 0 Å². The summed E-state index contributed by atoms with van der Waals surface area (Å²) in [6.07, 6.45) is -12.9. The number of carbonyl (C=O) groups is 1. The lowest BCUT2D eigenvalue weighted by atomic mass is 10.0. The summed E-state index contributed by atoms with van der Waals surface area (Å²) in [5.74, 6) is -4.79. The molecule has 10 heteroatoms. The van der Waals surface area contributed by atoms with Crippen molar-refractivity contribution in [3.8, 4) is 5.75 Å². The van der Waals surface area contributed by atoms with Gasteiger partial charge in [-0.2, -0.15) is 26.3 Å². The standard InChI is InChI=1S/C10H4F7O3/c11-5-1-3-6(4-2-5)20-7(18)8(19,9(12,13)14)10(15,16)17/h1-4H/q-1. The van der Waals surface area contributed by atoms with Gasteiger partial charge in [-0.3, -0.25) is 4.79 Å². The molecule has 0 atom stereocenters. The second kappa shape index (κ2) is 4.93. The van der Waals surface area contributed by atoms with Crippen LogP contribution in [0.1, 0.15) is 0 Å². The van der Waals surface area contributed by atoms with Gasteiger partial charge >= 0.3 is 18.3 Å². The number of alkyl halides is 6. The lowest BCUT2D eigenvalue weighted by Gasteiger charge is -2.39. The minimum absolute atomic E-state index is 0.598. The molecule has 1 aromatic carbocycles. The van der Waals surface area contributed by atoms with Crippen molar-refractivity contribution >= 4 is 5.97 Å². The third kappa shape index (κ3) is 2.84. The molecular formula is C10H4F7O3-. The van der Waals surface area contributed by atoms with Gasteiger partial charge < -0.3 is 9.84 Å². The van der Waals surface area contributed by atoms with Gasteiger partial charge in [0.15, 0.2) is 5.60 Å². The van der Waals surface area contributed by atoms with Gasteiger partial charge in [-0.15, -0.1) is 0 Å². The average Bonchev–Trinajstić information content (AvgIpc) is 2.28. The van der Waals surface area contributed by atoms with Crippen LogP contribution >= 0.6 is 0 Å². The smallest absolute Gasteiger partial charge is 0.399 e. The fourth-order valence-corrected chi connectivity index (χ4v) is 1.07. The van der Waals surface area contributed by atoms with E-state index in [0.29, 0.717) is 24.3 Å². The molecule has 0 saturated carbocycles. The third-order valence-electron chi connectivity index (χ3n) is 2.11. The van der Waals surface area contributed by atoms with Crippen molar-refractivity contribution in [1.29, 1.82) is 0 Å². The van der Waals surface area contributed by atoms with Crippen LogP contribution in [0.3, 0.4) is 0 Å². The van der Waals surface area contributed by atoms with Gasteiger partial charge in [-0.05, 0) is 24.3 Å². The first-order valence-electron chi connectivity index (χ1n) is 4.71. The first kappa shape index (κ1) is 16.2. The molecule has 0 aliphatic carbocycles. The molecule has 1 aromatic rings. The molecule has 112 valence electrons. The van der Waals surface area contributed by atoms with E-state index in [0.717, 1.165) is 0 Å². The molecule has 0 radical (unpaired) electrons. The number of halogens is 7. The number of hydrogen-bond acceptors (Lipinski definition) is 3. The molecule has 0 heterocycles. The van der Waals surface area contributed by atoms with Crippen LogP contribution in [0.15, 0.2) is 24.3 Å². The molecule has 0 unspecified atom stereocenters. The molecule has 3 nitrogen and oxygen atoms in total. The van der Waals surface area contributed by atoms with Crippen LogP contribution < -0.4 is 9.84 Å². The fourth-order valence-electron chi connectivity index (χ4n) is 1.07. The Balaban J connectivity index is 3.11. The predicted octanol–water partition coefficient (Wildman–Crippen LogP) is 1.95. The van der Waals surface area contributed by atoms with E-state index in [1.807, 2.05) is 0 Å². The Labute approximate surface area is 106 Å². The molecule has 0 fully saturated rings. The highest BCUT2D eigenvalue weighted by Gasteiger charge is 2.68. The van der Waals surface area contributed by atoms with Gasteiger partial charge in [0.1, 0.15) is 11.6 Å². The molecule has 1 rings (SSSR count). The third-order valence-corrected chi connectivity index (χ3v) is 2.11. The van der Waals surface area contributed by atoms with Gasteiger partial charge in [0.2, 0.25) is 0 Å². The Morgan fingerprint density at radius 1 is 0.950 bits per heavy atom. The van der Waals surface area contributed by atoms with E-state index in [9.17, 15) is 40.6 Å².